The molecule has 1 aromatic carbocycles. The van der Waals surface area contributed by atoms with Crippen molar-refractivity contribution in [2.45, 2.75) is 38.3 Å². The largest absolute Gasteiger partial charge is 0.486 e. The molecule has 3 atom stereocenters. The van der Waals surface area contributed by atoms with E-state index in [9.17, 15) is 0 Å². The van der Waals surface area contributed by atoms with Crippen molar-refractivity contribution in [3.8, 4) is 11.5 Å². The van der Waals surface area contributed by atoms with Crippen LogP contribution in [0.3, 0.4) is 0 Å². The van der Waals surface area contributed by atoms with E-state index >= 15 is 0 Å². The molecule has 0 radical (unpaired) electrons. The Morgan fingerprint density at radius 2 is 2.05 bits per heavy atom. The van der Waals surface area contributed by atoms with Gasteiger partial charge in [0, 0.05) is 12.1 Å². The second-order valence-corrected chi connectivity index (χ2v) is 5.82. The van der Waals surface area contributed by atoms with Gasteiger partial charge in [0.1, 0.15) is 13.2 Å². The van der Waals surface area contributed by atoms with Gasteiger partial charge in [0.2, 0.25) is 0 Å². The van der Waals surface area contributed by atoms with E-state index in [4.69, 9.17) is 15.2 Å². The molecule has 0 bridgehead atoms. The molecule has 0 saturated heterocycles. The van der Waals surface area contributed by atoms with Gasteiger partial charge in [-0.05, 0) is 49.9 Å². The van der Waals surface area contributed by atoms with Crippen molar-refractivity contribution in [2.75, 3.05) is 19.8 Å². The summed E-state index contributed by atoms with van der Waals surface area (Å²) in [5.74, 6) is 2.34. The number of hydrogen-bond donors (Lipinski definition) is 2. The van der Waals surface area contributed by atoms with E-state index in [1.54, 1.807) is 0 Å². The first-order chi connectivity index (χ1) is 9.78. The van der Waals surface area contributed by atoms with Gasteiger partial charge >= 0.3 is 0 Å². The summed E-state index contributed by atoms with van der Waals surface area (Å²) < 4.78 is 11.2. The summed E-state index contributed by atoms with van der Waals surface area (Å²) in [5, 5.41) is 3.73. The Labute approximate surface area is 120 Å². The van der Waals surface area contributed by atoms with Crippen LogP contribution < -0.4 is 20.5 Å². The number of benzene rings is 1. The van der Waals surface area contributed by atoms with Crippen LogP contribution in [0.5, 0.6) is 11.5 Å². The highest BCUT2D eigenvalue weighted by atomic mass is 16.6. The molecule has 1 saturated carbocycles. The van der Waals surface area contributed by atoms with Gasteiger partial charge in [-0.1, -0.05) is 12.5 Å². The Morgan fingerprint density at radius 3 is 2.85 bits per heavy atom. The molecule has 110 valence electrons. The average molecular weight is 276 g/mol. The fourth-order valence-electron chi connectivity index (χ4n) is 3.28. The maximum atomic E-state index is 5.85. The number of fused-ring (bicyclic) bond motifs is 1. The second kappa shape index (κ2) is 6.02. The van der Waals surface area contributed by atoms with Crippen molar-refractivity contribution in [3.63, 3.8) is 0 Å². The summed E-state index contributed by atoms with van der Waals surface area (Å²) in [5.41, 5.74) is 7.10. The van der Waals surface area contributed by atoms with Crippen LogP contribution in [0.2, 0.25) is 0 Å². The molecular weight excluding hydrogens is 252 g/mol. The van der Waals surface area contributed by atoms with E-state index in [0.717, 1.165) is 18.0 Å². The molecule has 1 aromatic rings. The summed E-state index contributed by atoms with van der Waals surface area (Å²) in [7, 11) is 0. The van der Waals surface area contributed by atoms with E-state index in [0.29, 0.717) is 31.2 Å². The van der Waals surface area contributed by atoms with Crippen LogP contribution in [0.1, 0.15) is 37.8 Å². The van der Waals surface area contributed by atoms with Crippen LogP contribution >= 0.6 is 0 Å². The number of hydrogen-bond acceptors (Lipinski definition) is 4. The molecule has 0 aromatic heterocycles. The van der Waals surface area contributed by atoms with Crippen LogP contribution in [0.25, 0.3) is 0 Å². The third kappa shape index (κ3) is 2.76. The first-order valence-electron chi connectivity index (χ1n) is 7.63. The Balaban J connectivity index is 1.69. The number of ether oxygens (including phenoxy) is 2. The lowest BCUT2D eigenvalue weighted by Gasteiger charge is -2.26. The topological polar surface area (TPSA) is 56.5 Å². The number of rotatable bonds is 4. The fraction of sp³-hybridized carbons (Fsp3) is 0.625. The van der Waals surface area contributed by atoms with Crippen molar-refractivity contribution in [1.29, 1.82) is 0 Å². The lowest BCUT2D eigenvalue weighted by atomic mass is 10.0. The lowest BCUT2D eigenvalue weighted by molar-refractivity contribution is 0.171. The van der Waals surface area contributed by atoms with Crippen LogP contribution in [0.4, 0.5) is 0 Å². The number of nitrogens with one attached hydrogen (secondary N) is 1. The second-order valence-electron chi connectivity index (χ2n) is 5.82. The summed E-state index contributed by atoms with van der Waals surface area (Å²) >= 11 is 0. The molecule has 3 unspecified atom stereocenters. The van der Waals surface area contributed by atoms with Gasteiger partial charge in [-0.15, -0.1) is 0 Å². The molecule has 3 rings (SSSR count). The molecule has 20 heavy (non-hydrogen) atoms. The third-order valence-electron chi connectivity index (χ3n) is 4.49. The minimum Gasteiger partial charge on any atom is -0.486 e. The minimum atomic E-state index is 0.308. The van der Waals surface area contributed by atoms with Crippen LogP contribution in [0.15, 0.2) is 18.2 Å². The van der Waals surface area contributed by atoms with Crippen LogP contribution in [-0.2, 0) is 0 Å². The summed E-state index contributed by atoms with van der Waals surface area (Å²) in [6, 6.07) is 7.08. The minimum absolute atomic E-state index is 0.308. The normalized spacial score (nSPS) is 26.5. The molecule has 1 aliphatic carbocycles. The Hall–Kier alpha value is -1.26. The van der Waals surface area contributed by atoms with Crippen molar-refractivity contribution in [1.82, 2.24) is 5.32 Å². The smallest absolute Gasteiger partial charge is 0.161 e. The van der Waals surface area contributed by atoms with E-state index in [-0.39, 0.29) is 0 Å². The Bertz CT molecular complexity index is 464. The molecule has 1 fully saturated rings. The van der Waals surface area contributed by atoms with Gasteiger partial charge < -0.3 is 20.5 Å². The van der Waals surface area contributed by atoms with Crippen molar-refractivity contribution in [2.24, 2.45) is 11.7 Å². The third-order valence-corrected chi connectivity index (χ3v) is 4.49. The quantitative estimate of drug-likeness (QED) is 0.885. The summed E-state index contributed by atoms with van der Waals surface area (Å²) in [6.07, 6.45) is 3.77. The average Bonchev–Trinajstić information content (AvgIpc) is 2.94. The van der Waals surface area contributed by atoms with E-state index < -0.39 is 0 Å². The molecule has 1 aliphatic heterocycles. The van der Waals surface area contributed by atoms with Crippen LogP contribution in [0, 0.1) is 5.92 Å². The standard InChI is InChI=1S/C16H24N2O2/c1-11(18-14-4-2-3-13(14)10-17)12-5-6-15-16(9-12)20-8-7-19-15/h5-6,9,11,13-14,18H,2-4,7-8,10,17H2,1H3. The van der Waals surface area contributed by atoms with Crippen LogP contribution in [-0.4, -0.2) is 25.8 Å². The monoisotopic (exact) mass is 276 g/mol. The SMILES string of the molecule is CC(NC1CCCC1CN)c1ccc2c(c1)OCCO2. The van der Waals surface area contributed by atoms with E-state index in [1.807, 2.05) is 6.07 Å². The van der Waals surface area contributed by atoms with Gasteiger partial charge in [0.05, 0.1) is 0 Å². The summed E-state index contributed by atoms with van der Waals surface area (Å²) in [4.78, 5) is 0. The predicted octanol–water partition coefficient (Wildman–Crippen LogP) is 2.24. The highest BCUT2D eigenvalue weighted by Crippen LogP contribution is 2.33. The highest BCUT2D eigenvalue weighted by molar-refractivity contribution is 5.44. The maximum Gasteiger partial charge on any atom is 0.161 e. The first kappa shape index (κ1) is 13.7. The molecule has 3 N–H and O–H groups in total. The molecule has 4 nitrogen and oxygen atoms in total. The zero-order valence-electron chi connectivity index (χ0n) is 12.1. The fourth-order valence-corrected chi connectivity index (χ4v) is 3.28. The van der Waals surface area contributed by atoms with Crippen molar-refractivity contribution < 1.29 is 9.47 Å². The lowest BCUT2D eigenvalue weighted by Crippen LogP contribution is -2.37. The molecule has 2 aliphatic rings. The van der Waals surface area contributed by atoms with E-state index in [2.05, 4.69) is 24.4 Å². The Morgan fingerprint density at radius 1 is 1.25 bits per heavy atom. The first-order valence-corrected chi connectivity index (χ1v) is 7.63. The van der Waals surface area contributed by atoms with Gasteiger partial charge in [0.25, 0.3) is 0 Å². The Kier molecular flexibility index (Phi) is 4.13. The van der Waals surface area contributed by atoms with Gasteiger partial charge in [-0.25, -0.2) is 0 Å². The molecule has 4 heteroatoms. The van der Waals surface area contributed by atoms with Gasteiger partial charge in [-0.3, -0.25) is 0 Å². The van der Waals surface area contributed by atoms with Crippen molar-refractivity contribution >= 4 is 0 Å². The highest BCUT2D eigenvalue weighted by Gasteiger charge is 2.27. The zero-order valence-corrected chi connectivity index (χ0v) is 12.1. The molecular formula is C16H24N2O2. The maximum absolute atomic E-state index is 5.85. The molecule has 0 spiro atoms. The number of nitrogens with two attached hydrogens (primary N) is 1. The zero-order chi connectivity index (χ0) is 13.9. The predicted molar refractivity (Wildman–Crippen MR) is 79.2 cm³/mol. The molecule has 0 amide bonds. The van der Waals surface area contributed by atoms with Gasteiger partial charge in [-0.2, -0.15) is 0 Å². The van der Waals surface area contributed by atoms with E-state index in [1.165, 1.54) is 24.8 Å². The van der Waals surface area contributed by atoms with Gasteiger partial charge in [0.15, 0.2) is 11.5 Å². The molecule has 1 heterocycles. The van der Waals surface area contributed by atoms with Crippen molar-refractivity contribution in [3.05, 3.63) is 23.8 Å². The summed E-state index contributed by atoms with van der Waals surface area (Å²) in [6.45, 7) is 4.26.